The number of nitrogens with zero attached hydrogens (tertiary/aromatic N) is 6. The van der Waals surface area contributed by atoms with Crippen molar-refractivity contribution in [1.29, 1.82) is 0 Å². The fourth-order valence-corrected chi connectivity index (χ4v) is 4.56. The zero-order valence-corrected chi connectivity index (χ0v) is 20.5. The lowest BCUT2D eigenvalue weighted by Gasteiger charge is -2.41. The molecule has 0 saturated carbocycles. The summed E-state index contributed by atoms with van der Waals surface area (Å²) in [7, 11) is 1.48. The number of pyridine rings is 2. The molecule has 0 aliphatic carbocycles. The molecule has 0 radical (unpaired) electrons. The van der Waals surface area contributed by atoms with Crippen LogP contribution >= 0.6 is 0 Å². The van der Waals surface area contributed by atoms with Gasteiger partial charge in [-0.05, 0) is 43.3 Å². The Kier molecular flexibility index (Phi) is 6.67. The Labute approximate surface area is 212 Å². The van der Waals surface area contributed by atoms with E-state index < -0.39 is 11.7 Å². The van der Waals surface area contributed by atoms with E-state index in [-0.39, 0.29) is 24.1 Å². The Morgan fingerprint density at radius 2 is 1.97 bits per heavy atom. The third kappa shape index (κ3) is 5.06. The van der Waals surface area contributed by atoms with Gasteiger partial charge in [-0.3, -0.25) is 9.59 Å². The fraction of sp³-hybridized carbons (Fsp3) is 0.269. The smallest absolute Gasteiger partial charge is 0.257 e. The summed E-state index contributed by atoms with van der Waals surface area (Å²) in [6.07, 6.45) is 4.81. The van der Waals surface area contributed by atoms with Crippen molar-refractivity contribution in [2.75, 3.05) is 37.0 Å². The zero-order chi connectivity index (χ0) is 25.9. The van der Waals surface area contributed by atoms with Crippen LogP contribution < -0.4 is 15.0 Å². The first-order chi connectivity index (χ1) is 17.9. The summed E-state index contributed by atoms with van der Waals surface area (Å²) < 4.78 is 21.0. The van der Waals surface area contributed by atoms with Crippen LogP contribution in [0.25, 0.3) is 11.2 Å². The Balaban J connectivity index is 1.30. The predicted molar refractivity (Wildman–Crippen MR) is 136 cm³/mol. The summed E-state index contributed by atoms with van der Waals surface area (Å²) >= 11 is 0. The number of carbonyl (C=O) groups excluding carboxylic acids is 2. The lowest BCUT2D eigenvalue weighted by Crippen LogP contribution is -2.55. The lowest BCUT2D eigenvalue weighted by atomic mass is 10.1. The third-order valence-corrected chi connectivity index (χ3v) is 6.37. The van der Waals surface area contributed by atoms with E-state index in [1.807, 2.05) is 22.8 Å². The number of hydrogen-bond acceptors (Lipinski definition) is 7. The quantitative estimate of drug-likeness (QED) is 0.431. The molecule has 1 aromatic carbocycles. The topological polar surface area (TPSA) is 105 Å². The first-order valence-corrected chi connectivity index (χ1v) is 11.8. The molecule has 1 N–H and O–H groups in total. The summed E-state index contributed by atoms with van der Waals surface area (Å²) in [6.45, 7) is 3.54. The number of ether oxygens (including phenoxy) is 1. The van der Waals surface area contributed by atoms with Crippen LogP contribution in [0.15, 0.2) is 61.2 Å². The number of imidazole rings is 1. The minimum absolute atomic E-state index is 0.0409. The maximum Gasteiger partial charge on any atom is 0.257 e. The van der Waals surface area contributed by atoms with Gasteiger partial charge in [0.05, 0.1) is 19.0 Å². The molecule has 0 spiro atoms. The number of anilines is 2. The third-order valence-electron chi connectivity index (χ3n) is 6.37. The number of fused-ring (bicyclic) bond motifs is 1. The van der Waals surface area contributed by atoms with Crippen molar-refractivity contribution in [3.8, 4) is 5.88 Å². The highest BCUT2D eigenvalue weighted by atomic mass is 19.1. The molecule has 5 rings (SSSR count). The molecule has 1 atom stereocenters. The molecule has 190 valence electrons. The van der Waals surface area contributed by atoms with Gasteiger partial charge in [0.1, 0.15) is 17.9 Å². The Morgan fingerprint density at radius 3 is 2.78 bits per heavy atom. The van der Waals surface area contributed by atoms with Gasteiger partial charge in [-0.2, -0.15) is 0 Å². The Bertz CT molecular complexity index is 1460. The number of aromatic nitrogens is 4. The first kappa shape index (κ1) is 24.2. The summed E-state index contributed by atoms with van der Waals surface area (Å²) in [5.41, 5.74) is 2.69. The molecule has 1 fully saturated rings. The van der Waals surface area contributed by atoms with E-state index in [0.717, 1.165) is 5.52 Å². The molecular weight excluding hydrogens is 477 g/mol. The van der Waals surface area contributed by atoms with Crippen molar-refractivity contribution in [3.63, 3.8) is 0 Å². The van der Waals surface area contributed by atoms with Gasteiger partial charge in [-0.1, -0.05) is 0 Å². The molecule has 4 aromatic rings. The van der Waals surface area contributed by atoms with Gasteiger partial charge in [0.2, 0.25) is 11.8 Å². The van der Waals surface area contributed by atoms with E-state index in [2.05, 4.69) is 20.3 Å². The van der Waals surface area contributed by atoms with Crippen LogP contribution in [0.4, 0.5) is 15.8 Å². The number of nitrogens with one attached hydrogen (secondary N) is 1. The van der Waals surface area contributed by atoms with Crippen LogP contribution in [-0.2, 0) is 11.3 Å². The molecule has 1 aliphatic rings. The zero-order valence-electron chi connectivity index (χ0n) is 20.5. The fourth-order valence-electron chi connectivity index (χ4n) is 4.56. The molecular formula is C26H26FN7O3. The van der Waals surface area contributed by atoms with E-state index in [9.17, 15) is 14.0 Å². The van der Waals surface area contributed by atoms with Gasteiger partial charge in [0.25, 0.3) is 5.91 Å². The van der Waals surface area contributed by atoms with E-state index >= 15 is 0 Å². The highest BCUT2D eigenvalue weighted by Gasteiger charge is 2.30. The van der Waals surface area contributed by atoms with Crippen molar-refractivity contribution >= 4 is 34.4 Å². The van der Waals surface area contributed by atoms with Crippen molar-refractivity contribution in [3.05, 3.63) is 72.6 Å². The molecule has 3 aromatic heterocycles. The highest BCUT2D eigenvalue weighted by molar-refractivity contribution is 6.08. The first-order valence-electron chi connectivity index (χ1n) is 11.8. The number of carbonyl (C=O) groups is 2. The number of halogens is 1. The van der Waals surface area contributed by atoms with Crippen molar-refractivity contribution in [2.45, 2.75) is 19.5 Å². The predicted octanol–water partition coefficient (Wildman–Crippen LogP) is 2.96. The Morgan fingerprint density at radius 1 is 1.11 bits per heavy atom. The summed E-state index contributed by atoms with van der Waals surface area (Å²) in [6, 6.07) is 10.9. The number of benzene rings is 1. The van der Waals surface area contributed by atoms with Gasteiger partial charge < -0.3 is 24.4 Å². The van der Waals surface area contributed by atoms with Crippen LogP contribution in [0.3, 0.4) is 0 Å². The molecule has 10 nitrogen and oxygen atoms in total. The summed E-state index contributed by atoms with van der Waals surface area (Å²) in [4.78, 5) is 42.7. The average Bonchev–Trinajstić information content (AvgIpc) is 3.31. The monoisotopic (exact) mass is 503 g/mol. The highest BCUT2D eigenvalue weighted by Crippen LogP contribution is 2.26. The van der Waals surface area contributed by atoms with Crippen molar-refractivity contribution in [1.82, 2.24) is 24.4 Å². The lowest BCUT2D eigenvalue weighted by molar-refractivity contribution is -0.134. The largest absolute Gasteiger partial charge is 0.481 e. The number of methoxy groups -OCH3 is 1. The second-order valence-electron chi connectivity index (χ2n) is 8.80. The second kappa shape index (κ2) is 10.2. The van der Waals surface area contributed by atoms with Gasteiger partial charge in [0, 0.05) is 55.5 Å². The average molecular weight is 504 g/mol. The van der Waals surface area contributed by atoms with E-state index in [1.165, 1.54) is 25.4 Å². The minimum Gasteiger partial charge on any atom is -0.481 e. The van der Waals surface area contributed by atoms with Crippen LogP contribution in [-0.4, -0.2) is 69.0 Å². The Hall–Kier alpha value is -4.54. The maximum absolute atomic E-state index is 14.2. The molecule has 0 unspecified atom stereocenters. The van der Waals surface area contributed by atoms with E-state index in [0.29, 0.717) is 42.5 Å². The van der Waals surface area contributed by atoms with Crippen LogP contribution in [0.1, 0.15) is 17.3 Å². The number of amides is 2. The minimum atomic E-state index is -0.510. The summed E-state index contributed by atoms with van der Waals surface area (Å²) in [5, 5.41) is 2.79. The van der Waals surface area contributed by atoms with Crippen LogP contribution in [0.2, 0.25) is 0 Å². The number of hydrogen-bond donors (Lipinski definition) is 1. The second-order valence-corrected chi connectivity index (χ2v) is 8.80. The van der Waals surface area contributed by atoms with Crippen LogP contribution in [0.5, 0.6) is 5.88 Å². The van der Waals surface area contributed by atoms with Gasteiger partial charge in [-0.15, -0.1) is 0 Å². The van der Waals surface area contributed by atoms with Crippen molar-refractivity contribution in [2.24, 2.45) is 0 Å². The molecule has 4 heterocycles. The maximum atomic E-state index is 14.2. The van der Waals surface area contributed by atoms with E-state index in [4.69, 9.17) is 4.74 Å². The van der Waals surface area contributed by atoms with Crippen LogP contribution in [0, 0.1) is 5.82 Å². The SMILES string of the molecule is COc1cc(NC(=O)c2cc(F)ccc2N2CCN(C(=O)Cn3cnc4cccnc43)[C@@H](C)C2)ccn1. The van der Waals surface area contributed by atoms with Gasteiger partial charge >= 0.3 is 0 Å². The molecule has 37 heavy (non-hydrogen) atoms. The van der Waals surface area contributed by atoms with Gasteiger partial charge in [-0.25, -0.2) is 19.3 Å². The molecule has 2 amide bonds. The van der Waals surface area contributed by atoms with E-state index in [1.54, 1.807) is 41.4 Å². The summed E-state index contributed by atoms with van der Waals surface area (Å²) in [5.74, 6) is -0.648. The number of rotatable bonds is 6. The standard InChI is InChI=1S/C26H26FN7O3/c1-17-14-32(10-11-34(17)24(35)15-33-16-30-21-4-3-8-29-25(21)33)22-6-5-18(27)12-20(22)26(36)31-19-7-9-28-23(13-19)37-2/h3-9,12-13,16-17H,10-11,14-15H2,1-2H3,(H,28,31,36)/t17-/m0/s1. The van der Waals surface area contributed by atoms with Gasteiger partial charge in [0.15, 0.2) is 5.65 Å². The molecule has 11 heteroatoms. The molecule has 1 saturated heterocycles. The number of piperazine rings is 1. The normalized spacial score (nSPS) is 15.6. The molecule has 0 bridgehead atoms. The molecule has 1 aliphatic heterocycles. The van der Waals surface area contributed by atoms with Crippen molar-refractivity contribution < 1.29 is 18.7 Å².